The predicted molar refractivity (Wildman–Crippen MR) is 105 cm³/mol. The van der Waals surface area contributed by atoms with Crippen molar-refractivity contribution in [2.24, 2.45) is 10.2 Å². The molecule has 26 heavy (non-hydrogen) atoms. The fraction of sp³-hybridized carbons (Fsp3) is 0.353. The number of aryl methyl sites for hydroxylation is 1. The van der Waals surface area contributed by atoms with Crippen LogP contribution in [0, 0.1) is 6.92 Å². The number of thioether (sulfide) groups is 1. The van der Waals surface area contributed by atoms with Gasteiger partial charge in [0.05, 0.1) is 11.4 Å². The highest BCUT2D eigenvalue weighted by atomic mass is 32.2. The van der Waals surface area contributed by atoms with E-state index in [4.69, 9.17) is 0 Å². The van der Waals surface area contributed by atoms with E-state index in [-0.39, 0.29) is 5.91 Å². The molecule has 1 aromatic carbocycles. The minimum absolute atomic E-state index is 0.0276. The number of piperazine rings is 1. The van der Waals surface area contributed by atoms with E-state index in [2.05, 4.69) is 36.8 Å². The first kappa shape index (κ1) is 17.2. The number of carbonyl (C=O) groups is 1. The summed E-state index contributed by atoms with van der Waals surface area (Å²) in [6, 6.07) is 10.1. The highest BCUT2D eigenvalue weighted by molar-refractivity contribution is 8.14. The Morgan fingerprint density at radius 1 is 1.08 bits per heavy atom. The summed E-state index contributed by atoms with van der Waals surface area (Å²) in [7, 11) is 0. The molecule has 0 bridgehead atoms. The summed E-state index contributed by atoms with van der Waals surface area (Å²) in [6.07, 6.45) is 0. The molecule has 0 aliphatic carbocycles. The molecule has 1 aromatic heterocycles. The standard InChI is InChI=1S/C17H18N6OS2/c1-12-15(26-21-18-12)16(24)22-7-9-23(10-8-22)17-20-19-14(11-25-17)13-5-3-2-4-6-13/h2-6H,7-11H2,1H3. The maximum Gasteiger partial charge on any atom is 0.267 e. The highest BCUT2D eigenvalue weighted by Crippen LogP contribution is 2.20. The number of hydrogen-bond acceptors (Lipinski definition) is 8. The van der Waals surface area contributed by atoms with Crippen LogP contribution in [0.4, 0.5) is 0 Å². The SMILES string of the molecule is Cc1nnsc1C(=O)N1CCN(C2=NN=C(c3ccccc3)CS2)CC1. The molecule has 0 N–H and O–H groups in total. The summed E-state index contributed by atoms with van der Waals surface area (Å²) in [5.74, 6) is 0.841. The molecule has 7 nitrogen and oxygen atoms in total. The van der Waals surface area contributed by atoms with E-state index < -0.39 is 0 Å². The predicted octanol–water partition coefficient (Wildman–Crippen LogP) is 2.11. The second-order valence-corrected chi connectivity index (χ2v) is 7.75. The van der Waals surface area contributed by atoms with Gasteiger partial charge in [0.15, 0.2) is 5.17 Å². The third-order valence-corrected chi connectivity index (χ3v) is 6.22. The van der Waals surface area contributed by atoms with Gasteiger partial charge in [0.1, 0.15) is 4.88 Å². The normalized spacial score (nSPS) is 17.7. The maximum atomic E-state index is 12.5. The lowest BCUT2D eigenvalue weighted by atomic mass is 10.1. The molecular weight excluding hydrogens is 368 g/mol. The quantitative estimate of drug-likeness (QED) is 0.790. The van der Waals surface area contributed by atoms with E-state index in [1.54, 1.807) is 11.8 Å². The van der Waals surface area contributed by atoms with Gasteiger partial charge in [-0.3, -0.25) is 4.79 Å². The van der Waals surface area contributed by atoms with Crippen molar-refractivity contribution in [3.8, 4) is 0 Å². The van der Waals surface area contributed by atoms with E-state index >= 15 is 0 Å². The van der Waals surface area contributed by atoms with Gasteiger partial charge < -0.3 is 9.80 Å². The van der Waals surface area contributed by atoms with Crippen LogP contribution in [0.3, 0.4) is 0 Å². The number of amides is 1. The molecule has 1 fully saturated rings. The molecule has 0 atom stereocenters. The molecule has 2 aliphatic rings. The molecule has 1 saturated heterocycles. The first-order valence-electron chi connectivity index (χ1n) is 8.38. The molecule has 3 heterocycles. The fourth-order valence-corrected chi connectivity index (χ4v) is 4.47. The van der Waals surface area contributed by atoms with Crippen molar-refractivity contribution in [1.29, 1.82) is 0 Å². The van der Waals surface area contributed by atoms with E-state index in [1.807, 2.05) is 30.0 Å². The molecule has 0 spiro atoms. The Balaban J connectivity index is 1.38. The Bertz CT molecular complexity index is 855. The zero-order chi connectivity index (χ0) is 17.9. The van der Waals surface area contributed by atoms with Gasteiger partial charge in [-0.2, -0.15) is 5.10 Å². The van der Waals surface area contributed by atoms with Crippen LogP contribution >= 0.6 is 23.3 Å². The molecule has 134 valence electrons. The molecule has 2 aliphatic heterocycles. The third kappa shape index (κ3) is 3.49. The van der Waals surface area contributed by atoms with Crippen LogP contribution in [-0.4, -0.2) is 68.1 Å². The average molecular weight is 387 g/mol. The Morgan fingerprint density at radius 2 is 1.85 bits per heavy atom. The van der Waals surface area contributed by atoms with E-state index in [9.17, 15) is 4.79 Å². The van der Waals surface area contributed by atoms with Crippen molar-refractivity contribution in [2.45, 2.75) is 6.92 Å². The topological polar surface area (TPSA) is 74.1 Å². The Hall–Kier alpha value is -2.26. The second-order valence-electron chi connectivity index (χ2n) is 6.05. The van der Waals surface area contributed by atoms with Crippen LogP contribution in [-0.2, 0) is 0 Å². The number of nitrogens with zero attached hydrogens (tertiary/aromatic N) is 6. The van der Waals surface area contributed by atoms with Crippen molar-refractivity contribution < 1.29 is 4.79 Å². The van der Waals surface area contributed by atoms with Gasteiger partial charge in [0.2, 0.25) is 0 Å². The lowest BCUT2D eigenvalue weighted by Gasteiger charge is -2.36. The highest BCUT2D eigenvalue weighted by Gasteiger charge is 2.27. The molecule has 2 aromatic rings. The second kappa shape index (κ2) is 7.55. The molecule has 0 radical (unpaired) electrons. The van der Waals surface area contributed by atoms with Gasteiger partial charge in [-0.15, -0.1) is 10.2 Å². The number of amidine groups is 1. The lowest BCUT2D eigenvalue weighted by molar-refractivity contribution is 0.0697. The van der Waals surface area contributed by atoms with Crippen LogP contribution in [0.25, 0.3) is 0 Å². The van der Waals surface area contributed by atoms with Gasteiger partial charge >= 0.3 is 0 Å². The molecule has 0 unspecified atom stereocenters. The van der Waals surface area contributed by atoms with Crippen LogP contribution in [0.15, 0.2) is 40.5 Å². The first-order valence-corrected chi connectivity index (χ1v) is 10.1. The number of aromatic nitrogens is 2. The lowest BCUT2D eigenvalue weighted by Crippen LogP contribution is -2.50. The van der Waals surface area contributed by atoms with Crippen molar-refractivity contribution in [2.75, 3.05) is 31.9 Å². The minimum atomic E-state index is 0.0276. The van der Waals surface area contributed by atoms with Crippen molar-refractivity contribution >= 4 is 40.1 Å². The molecular formula is C17H18N6OS2. The van der Waals surface area contributed by atoms with Gasteiger partial charge in [-0.05, 0) is 24.0 Å². The Kier molecular flexibility index (Phi) is 4.98. The summed E-state index contributed by atoms with van der Waals surface area (Å²) < 4.78 is 3.85. The smallest absolute Gasteiger partial charge is 0.267 e. The van der Waals surface area contributed by atoms with Crippen LogP contribution in [0.2, 0.25) is 0 Å². The zero-order valence-electron chi connectivity index (χ0n) is 14.3. The number of carbonyl (C=O) groups excluding carboxylic acids is 1. The molecule has 1 amide bonds. The van der Waals surface area contributed by atoms with E-state index in [1.165, 1.54) is 11.5 Å². The summed E-state index contributed by atoms with van der Waals surface area (Å²) in [6.45, 7) is 4.69. The number of benzene rings is 1. The monoisotopic (exact) mass is 386 g/mol. The van der Waals surface area contributed by atoms with Crippen molar-refractivity contribution in [3.63, 3.8) is 0 Å². The Morgan fingerprint density at radius 3 is 2.46 bits per heavy atom. The summed E-state index contributed by atoms with van der Waals surface area (Å²) in [5, 5.41) is 13.7. The van der Waals surface area contributed by atoms with E-state index in [0.717, 1.165) is 35.3 Å². The maximum absolute atomic E-state index is 12.5. The van der Waals surface area contributed by atoms with Crippen LogP contribution < -0.4 is 0 Å². The van der Waals surface area contributed by atoms with Crippen molar-refractivity contribution in [3.05, 3.63) is 46.5 Å². The van der Waals surface area contributed by atoms with Gasteiger partial charge in [0.25, 0.3) is 5.91 Å². The van der Waals surface area contributed by atoms with Crippen molar-refractivity contribution in [1.82, 2.24) is 19.4 Å². The Labute approximate surface area is 160 Å². The average Bonchev–Trinajstić information content (AvgIpc) is 3.14. The van der Waals surface area contributed by atoms with E-state index in [0.29, 0.717) is 23.7 Å². The molecule has 9 heteroatoms. The summed E-state index contributed by atoms with van der Waals surface area (Å²) in [4.78, 5) is 17.3. The van der Waals surface area contributed by atoms with Gasteiger partial charge in [-0.1, -0.05) is 46.6 Å². The van der Waals surface area contributed by atoms with Crippen LogP contribution in [0.5, 0.6) is 0 Å². The first-order chi connectivity index (χ1) is 12.7. The largest absolute Gasteiger partial charge is 0.346 e. The van der Waals surface area contributed by atoms with Gasteiger partial charge in [-0.25, -0.2) is 0 Å². The third-order valence-electron chi connectivity index (χ3n) is 4.38. The van der Waals surface area contributed by atoms with Gasteiger partial charge in [0, 0.05) is 31.9 Å². The summed E-state index contributed by atoms with van der Waals surface area (Å²) >= 11 is 2.87. The van der Waals surface area contributed by atoms with Crippen LogP contribution in [0.1, 0.15) is 20.9 Å². The number of hydrogen-bond donors (Lipinski definition) is 0. The zero-order valence-corrected chi connectivity index (χ0v) is 16.0. The summed E-state index contributed by atoms with van der Waals surface area (Å²) in [5.41, 5.74) is 2.82. The molecule has 0 saturated carbocycles. The fourth-order valence-electron chi connectivity index (χ4n) is 2.89. The number of rotatable bonds is 2. The minimum Gasteiger partial charge on any atom is -0.346 e. The molecule has 4 rings (SSSR count).